The van der Waals surface area contributed by atoms with Crippen molar-refractivity contribution in [2.45, 2.75) is 6.54 Å². The van der Waals surface area contributed by atoms with Crippen LogP contribution < -0.4 is 4.90 Å². The van der Waals surface area contributed by atoms with Gasteiger partial charge in [0, 0.05) is 64.3 Å². The molecule has 0 atom stereocenters. The Balaban J connectivity index is 1.62. The van der Waals surface area contributed by atoms with Crippen molar-refractivity contribution < 1.29 is 13.9 Å². The monoisotopic (exact) mass is 385 g/mol. The lowest BCUT2D eigenvalue weighted by molar-refractivity contribution is -0.127. The van der Waals surface area contributed by atoms with E-state index in [9.17, 15) is 4.79 Å². The predicted molar refractivity (Wildman–Crippen MR) is 107 cm³/mol. The van der Waals surface area contributed by atoms with Crippen LogP contribution in [0.5, 0.6) is 0 Å². The minimum Gasteiger partial charge on any atom is -0.467 e. The Bertz CT molecular complexity index is 753. The molecular formula is C20H27N5O3. The van der Waals surface area contributed by atoms with Crippen LogP contribution in [0.4, 0.5) is 5.95 Å². The summed E-state index contributed by atoms with van der Waals surface area (Å²) in [5.74, 6) is 1.33. The molecule has 0 spiro atoms. The second-order valence-corrected chi connectivity index (χ2v) is 6.84. The highest BCUT2D eigenvalue weighted by atomic mass is 16.5. The molecule has 0 saturated carbocycles. The zero-order chi connectivity index (χ0) is 19.8. The molecule has 0 bridgehead atoms. The molecule has 1 saturated heterocycles. The average molecular weight is 385 g/mol. The van der Waals surface area contributed by atoms with Gasteiger partial charge in [-0.25, -0.2) is 9.97 Å². The van der Waals surface area contributed by atoms with Crippen LogP contribution in [0.3, 0.4) is 0 Å². The number of rotatable bonds is 8. The number of ether oxygens (including phenoxy) is 1. The lowest BCUT2D eigenvalue weighted by Crippen LogP contribution is -2.42. The van der Waals surface area contributed by atoms with Crippen LogP contribution in [-0.2, 0) is 16.1 Å². The van der Waals surface area contributed by atoms with E-state index < -0.39 is 0 Å². The summed E-state index contributed by atoms with van der Waals surface area (Å²) < 4.78 is 10.8. The van der Waals surface area contributed by atoms with Gasteiger partial charge in [-0.1, -0.05) is 0 Å². The Morgan fingerprint density at radius 2 is 2.00 bits per heavy atom. The minimum absolute atomic E-state index is 0.0682. The van der Waals surface area contributed by atoms with Crippen molar-refractivity contribution in [3.8, 4) is 0 Å². The standard InChI is InChI=1S/C20H27N5O3/c1-23(2)20-21-14-17(15-22-20)5-6-19(26)25(16-18-4-3-11-28-18)8-7-24-9-12-27-13-10-24/h3-6,11,14-15H,7-10,12-13,16H2,1-2H3. The summed E-state index contributed by atoms with van der Waals surface area (Å²) in [4.78, 5) is 27.3. The van der Waals surface area contributed by atoms with Gasteiger partial charge in [0.1, 0.15) is 5.76 Å². The van der Waals surface area contributed by atoms with E-state index in [1.165, 1.54) is 0 Å². The van der Waals surface area contributed by atoms with Crippen LogP contribution in [0.15, 0.2) is 41.3 Å². The molecule has 1 fully saturated rings. The fourth-order valence-corrected chi connectivity index (χ4v) is 2.87. The molecule has 2 aromatic rings. The maximum Gasteiger partial charge on any atom is 0.247 e. The second kappa shape index (κ2) is 10.0. The predicted octanol–water partition coefficient (Wildman–Crippen LogP) is 1.51. The number of morpholine rings is 1. The number of anilines is 1. The highest BCUT2D eigenvalue weighted by Gasteiger charge is 2.16. The quantitative estimate of drug-likeness (QED) is 0.638. The summed E-state index contributed by atoms with van der Waals surface area (Å²) in [5, 5.41) is 0. The first-order chi connectivity index (χ1) is 13.6. The maximum atomic E-state index is 12.8. The van der Waals surface area contributed by atoms with Gasteiger partial charge in [-0.3, -0.25) is 9.69 Å². The first-order valence-corrected chi connectivity index (χ1v) is 9.40. The zero-order valence-corrected chi connectivity index (χ0v) is 16.5. The lowest BCUT2D eigenvalue weighted by Gasteiger charge is -2.29. The summed E-state index contributed by atoms with van der Waals surface area (Å²) in [5.41, 5.74) is 0.782. The molecule has 8 nitrogen and oxygen atoms in total. The number of hydrogen-bond acceptors (Lipinski definition) is 7. The van der Waals surface area contributed by atoms with Crippen LogP contribution in [0.1, 0.15) is 11.3 Å². The summed E-state index contributed by atoms with van der Waals surface area (Å²) in [6, 6.07) is 3.71. The van der Waals surface area contributed by atoms with Gasteiger partial charge in [-0.2, -0.15) is 0 Å². The molecule has 28 heavy (non-hydrogen) atoms. The van der Waals surface area contributed by atoms with Gasteiger partial charge in [0.2, 0.25) is 11.9 Å². The smallest absolute Gasteiger partial charge is 0.247 e. The highest BCUT2D eigenvalue weighted by Crippen LogP contribution is 2.09. The maximum absolute atomic E-state index is 12.8. The first-order valence-electron chi connectivity index (χ1n) is 9.40. The zero-order valence-electron chi connectivity index (χ0n) is 16.5. The van der Waals surface area contributed by atoms with Crippen molar-refractivity contribution in [3.63, 3.8) is 0 Å². The molecule has 0 aromatic carbocycles. The van der Waals surface area contributed by atoms with E-state index in [0.29, 0.717) is 19.0 Å². The van der Waals surface area contributed by atoms with Crippen molar-refractivity contribution >= 4 is 17.9 Å². The van der Waals surface area contributed by atoms with Crippen LogP contribution in [-0.4, -0.2) is 79.2 Å². The number of furan rings is 1. The number of hydrogen-bond donors (Lipinski definition) is 0. The van der Waals surface area contributed by atoms with Crippen LogP contribution >= 0.6 is 0 Å². The number of nitrogens with zero attached hydrogens (tertiary/aromatic N) is 5. The molecule has 0 radical (unpaired) electrons. The SMILES string of the molecule is CN(C)c1ncc(C=CC(=O)N(CCN2CCOCC2)Cc2ccco2)cn1. The van der Waals surface area contributed by atoms with Crippen molar-refractivity contribution in [2.24, 2.45) is 0 Å². The second-order valence-electron chi connectivity index (χ2n) is 6.84. The summed E-state index contributed by atoms with van der Waals surface area (Å²) in [7, 11) is 3.77. The van der Waals surface area contributed by atoms with Crippen molar-refractivity contribution in [2.75, 3.05) is 58.4 Å². The van der Waals surface area contributed by atoms with Gasteiger partial charge < -0.3 is 19.0 Å². The van der Waals surface area contributed by atoms with E-state index in [0.717, 1.165) is 44.2 Å². The summed E-state index contributed by atoms with van der Waals surface area (Å²) in [6.07, 6.45) is 8.34. The fourth-order valence-electron chi connectivity index (χ4n) is 2.87. The van der Waals surface area contributed by atoms with Crippen molar-refractivity contribution in [1.82, 2.24) is 19.8 Å². The van der Waals surface area contributed by atoms with Crippen molar-refractivity contribution in [1.29, 1.82) is 0 Å². The lowest BCUT2D eigenvalue weighted by atomic mass is 10.3. The third-order valence-electron chi connectivity index (χ3n) is 4.50. The van der Waals surface area contributed by atoms with Gasteiger partial charge in [0.25, 0.3) is 0 Å². The Morgan fingerprint density at radius 1 is 1.25 bits per heavy atom. The number of carbonyl (C=O) groups is 1. The third kappa shape index (κ3) is 5.90. The summed E-state index contributed by atoms with van der Waals surface area (Å²) >= 11 is 0. The largest absolute Gasteiger partial charge is 0.467 e. The molecule has 8 heteroatoms. The van der Waals surface area contributed by atoms with E-state index in [-0.39, 0.29) is 5.91 Å². The normalized spacial score (nSPS) is 15.1. The Morgan fingerprint density at radius 3 is 2.64 bits per heavy atom. The van der Waals surface area contributed by atoms with Crippen LogP contribution in [0, 0.1) is 0 Å². The van der Waals surface area contributed by atoms with Crippen LogP contribution in [0.2, 0.25) is 0 Å². The highest BCUT2D eigenvalue weighted by molar-refractivity contribution is 5.91. The molecule has 3 rings (SSSR count). The molecular weight excluding hydrogens is 358 g/mol. The van der Waals surface area contributed by atoms with E-state index in [1.807, 2.05) is 31.1 Å². The third-order valence-corrected chi connectivity index (χ3v) is 4.50. The first kappa shape index (κ1) is 20.0. The number of aromatic nitrogens is 2. The molecule has 0 unspecified atom stereocenters. The molecule has 0 aliphatic carbocycles. The van der Waals surface area contributed by atoms with Gasteiger partial charge in [-0.15, -0.1) is 0 Å². The van der Waals surface area contributed by atoms with E-state index in [1.54, 1.807) is 35.7 Å². The van der Waals surface area contributed by atoms with E-state index >= 15 is 0 Å². The van der Waals surface area contributed by atoms with Gasteiger partial charge >= 0.3 is 0 Å². The van der Waals surface area contributed by atoms with E-state index in [4.69, 9.17) is 9.15 Å². The fraction of sp³-hybridized carbons (Fsp3) is 0.450. The Labute approximate surface area is 165 Å². The molecule has 3 heterocycles. The molecule has 0 N–H and O–H groups in total. The van der Waals surface area contributed by atoms with Gasteiger partial charge in [-0.05, 0) is 18.2 Å². The van der Waals surface area contributed by atoms with Crippen LogP contribution in [0.25, 0.3) is 6.08 Å². The van der Waals surface area contributed by atoms with Crippen molar-refractivity contribution in [3.05, 3.63) is 48.2 Å². The van der Waals surface area contributed by atoms with Gasteiger partial charge in [0.05, 0.1) is 26.0 Å². The van der Waals surface area contributed by atoms with E-state index in [2.05, 4.69) is 14.9 Å². The average Bonchev–Trinajstić information content (AvgIpc) is 3.23. The summed E-state index contributed by atoms with van der Waals surface area (Å²) in [6.45, 7) is 5.16. The topological polar surface area (TPSA) is 74.9 Å². The number of amides is 1. The molecule has 2 aromatic heterocycles. The molecule has 1 aliphatic heterocycles. The van der Waals surface area contributed by atoms with Gasteiger partial charge in [0.15, 0.2) is 0 Å². The molecule has 1 amide bonds. The Hall–Kier alpha value is -2.71. The molecule has 150 valence electrons. The number of carbonyl (C=O) groups excluding carboxylic acids is 1. The Kier molecular flexibility index (Phi) is 7.16. The minimum atomic E-state index is -0.0682. The molecule has 1 aliphatic rings.